The number of aromatic nitrogens is 1. The second-order valence-electron chi connectivity index (χ2n) is 8.29. The molecule has 5 nitrogen and oxygen atoms in total. The van der Waals surface area contributed by atoms with Crippen molar-refractivity contribution in [1.82, 2.24) is 9.88 Å². The summed E-state index contributed by atoms with van der Waals surface area (Å²) in [6.45, 7) is 6.12. The molecule has 4 rings (SSSR count). The fourth-order valence-corrected chi connectivity index (χ4v) is 4.95. The molecule has 1 saturated carbocycles. The first kappa shape index (κ1) is 20.5. The second-order valence-corrected chi connectivity index (χ2v) is 8.67. The van der Waals surface area contributed by atoms with Crippen LogP contribution in [0.2, 0.25) is 0 Å². The quantitative estimate of drug-likeness (QED) is 0.442. The predicted octanol–water partition coefficient (Wildman–Crippen LogP) is 4.75. The number of nitrogens with zero attached hydrogens (tertiary/aromatic N) is 2. The van der Waals surface area contributed by atoms with Gasteiger partial charge in [0, 0.05) is 17.4 Å². The Kier molecular flexibility index (Phi) is 5.60. The molecule has 156 valence electrons. The normalized spacial score (nSPS) is 19.5. The molecule has 1 N–H and O–H groups in total. The molecular formula is C24H27N3O2S. The van der Waals surface area contributed by atoms with Crippen molar-refractivity contribution in [2.45, 2.75) is 58.9 Å². The summed E-state index contributed by atoms with van der Waals surface area (Å²) in [5.74, 6) is -0.840. The van der Waals surface area contributed by atoms with Gasteiger partial charge in [0.15, 0.2) is 5.11 Å². The molecule has 0 unspecified atom stereocenters. The van der Waals surface area contributed by atoms with Crippen LogP contribution in [0.4, 0.5) is 5.69 Å². The van der Waals surface area contributed by atoms with Crippen LogP contribution in [0.3, 0.4) is 0 Å². The van der Waals surface area contributed by atoms with Crippen molar-refractivity contribution in [3.63, 3.8) is 0 Å². The standard InChI is InChI=1S/C24H27N3O2S/c1-15-8-7-11-20(12-15)27-23(29)21(22(28)25-24(27)30)14-18-13-16(2)26(17(18)3)19-9-5-4-6-10-19/h7-8,11-14,19H,4-6,9-10H2,1-3H3,(H,25,28,30)/b21-14+. The van der Waals surface area contributed by atoms with Gasteiger partial charge in [-0.25, -0.2) is 0 Å². The number of thiocarbonyl (C=S) groups is 1. The molecule has 2 heterocycles. The molecule has 2 amide bonds. The second kappa shape index (κ2) is 8.19. The summed E-state index contributed by atoms with van der Waals surface area (Å²) >= 11 is 5.30. The molecule has 0 spiro atoms. The van der Waals surface area contributed by atoms with Crippen molar-refractivity contribution < 1.29 is 9.59 Å². The molecule has 1 aromatic carbocycles. The third-order valence-corrected chi connectivity index (χ3v) is 6.41. The van der Waals surface area contributed by atoms with Gasteiger partial charge in [-0.3, -0.25) is 19.8 Å². The monoisotopic (exact) mass is 421 g/mol. The number of hydrogen-bond acceptors (Lipinski definition) is 3. The molecule has 2 aliphatic rings. The molecule has 2 fully saturated rings. The summed E-state index contributed by atoms with van der Waals surface area (Å²) in [7, 11) is 0. The van der Waals surface area contributed by atoms with Gasteiger partial charge < -0.3 is 4.57 Å². The first-order valence-corrected chi connectivity index (χ1v) is 10.9. The Hall–Kier alpha value is -2.73. The number of aryl methyl sites for hydroxylation is 2. The van der Waals surface area contributed by atoms with Crippen molar-refractivity contribution in [2.75, 3.05) is 4.90 Å². The Labute approximate surface area is 182 Å². The SMILES string of the molecule is Cc1cccc(N2C(=O)/C(=C/c3cc(C)n(C4CCCCC4)c3C)C(=O)NC2=S)c1. The minimum absolute atomic E-state index is 0.106. The molecule has 1 saturated heterocycles. The van der Waals surface area contributed by atoms with Crippen LogP contribution in [0, 0.1) is 20.8 Å². The van der Waals surface area contributed by atoms with Crippen molar-refractivity contribution >= 4 is 40.9 Å². The molecule has 0 bridgehead atoms. The topological polar surface area (TPSA) is 54.3 Å². The lowest BCUT2D eigenvalue weighted by Crippen LogP contribution is -2.54. The molecule has 0 atom stereocenters. The first-order valence-electron chi connectivity index (χ1n) is 10.5. The smallest absolute Gasteiger partial charge is 0.270 e. The van der Waals surface area contributed by atoms with Gasteiger partial charge in [-0.1, -0.05) is 31.4 Å². The van der Waals surface area contributed by atoms with Crippen LogP contribution in [-0.2, 0) is 9.59 Å². The molecule has 1 aliphatic heterocycles. The number of carbonyl (C=O) groups excluding carboxylic acids is 2. The van der Waals surface area contributed by atoms with Gasteiger partial charge >= 0.3 is 0 Å². The van der Waals surface area contributed by atoms with Gasteiger partial charge in [0.1, 0.15) is 5.57 Å². The Bertz CT molecular complexity index is 1060. The first-order chi connectivity index (χ1) is 14.4. The van der Waals surface area contributed by atoms with Gasteiger partial charge in [0.25, 0.3) is 11.8 Å². The van der Waals surface area contributed by atoms with E-state index in [1.165, 1.54) is 42.7 Å². The summed E-state index contributed by atoms with van der Waals surface area (Å²) in [5, 5.41) is 2.79. The Morgan fingerprint density at radius 1 is 1.07 bits per heavy atom. The van der Waals surface area contributed by atoms with Gasteiger partial charge in [-0.05, 0) is 81.2 Å². The summed E-state index contributed by atoms with van der Waals surface area (Å²) in [6.07, 6.45) is 7.88. The number of amides is 2. The number of benzene rings is 1. The maximum absolute atomic E-state index is 13.3. The van der Waals surface area contributed by atoms with E-state index >= 15 is 0 Å². The molecule has 1 aromatic heterocycles. The van der Waals surface area contributed by atoms with E-state index in [1.54, 1.807) is 6.08 Å². The van der Waals surface area contributed by atoms with Crippen molar-refractivity contribution in [3.8, 4) is 0 Å². The lowest BCUT2D eigenvalue weighted by atomic mass is 9.95. The van der Waals surface area contributed by atoms with Crippen molar-refractivity contribution in [1.29, 1.82) is 0 Å². The highest BCUT2D eigenvalue weighted by atomic mass is 32.1. The minimum atomic E-state index is -0.448. The molecule has 1 aliphatic carbocycles. The molecule has 6 heteroatoms. The van der Waals surface area contributed by atoms with Crippen molar-refractivity contribution in [2.24, 2.45) is 0 Å². The van der Waals surface area contributed by atoms with E-state index in [0.717, 1.165) is 16.8 Å². The van der Waals surface area contributed by atoms with E-state index in [2.05, 4.69) is 29.8 Å². The third kappa shape index (κ3) is 3.72. The van der Waals surface area contributed by atoms with E-state index in [9.17, 15) is 9.59 Å². The van der Waals surface area contributed by atoms with Crippen LogP contribution in [0.15, 0.2) is 35.9 Å². The van der Waals surface area contributed by atoms with E-state index in [1.807, 2.05) is 31.2 Å². The summed E-state index contributed by atoms with van der Waals surface area (Å²) in [5.41, 5.74) is 4.96. The number of hydrogen-bond donors (Lipinski definition) is 1. The zero-order valence-electron chi connectivity index (χ0n) is 17.7. The van der Waals surface area contributed by atoms with E-state index in [4.69, 9.17) is 12.2 Å². The molecule has 0 radical (unpaired) electrons. The van der Waals surface area contributed by atoms with Crippen LogP contribution in [-0.4, -0.2) is 21.5 Å². The summed E-state index contributed by atoms with van der Waals surface area (Å²) in [4.78, 5) is 27.3. The molecule has 2 aromatic rings. The maximum Gasteiger partial charge on any atom is 0.270 e. The lowest BCUT2D eigenvalue weighted by Gasteiger charge is -2.29. The zero-order chi connectivity index (χ0) is 21.4. The minimum Gasteiger partial charge on any atom is -0.346 e. The highest BCUT2D eigenvalue weighted by molar-refractivity contribution is 7.80. The fraction of sp³-hybridized carbons (Fsp3) is 0.375. The summed E-state index contributed by atoms with van der Waals surface area (Å²) in [6, 6.07) is 10.1. The number of anilines is 1. The maximum atomic E-state index is 13.3. The van der Waals surface area contributed by atoms with E-state index < -0.39 is 11.8 Å². The van der Waals surface area contributed by atoms with Crippen LogP contribution in [0.1, 0.15) is 60.7 Å². The average molecular weight is 422 g/mol. The zero-order valence-corrected chi connectivity index (χ0v) is 18.5. The van der Waals surface area contributed by atoms with Crippen LogP contribution in [0.5, 0.6) is 0 Å². The number of nitrogens with one attached hydrogen (secondary N) is 1. The fourth-order valence-electron chi connectivity index (χ4n) is 4.66. The van der Waals surface area contributed by atoms with E-state index in [-0.39, 0.29) is 10.7 Å². The molecule has 30 heavy (non-hydrogen) atoms. The van der Waals surface area contributed by atoms with Gasteiger partial charge in [0.2, 0.25) is 0 Å². The van der Waals surface area contributed by atoms with Crippen LogP contribution in [0.25, 0.3) is 6.08 Å². The Balaban J connectivity index is 1.71. The van der Waals surface area contributed by atoms with Crippen molar-refractivity contribution in [3.05, 3.63) is 58.4 Å². The molecular weight excluding hydrogens is 394 g/mol. The largest absolute Gasteiger partial charge is 0.346 e. The van der Waals surface area contributed by atoms with Crippen LogP contribution < -0.4 is 10.2 Å². The summed E-state index contributed by atoms with van der Waals surface area (Å²) < 4.78 is 2.37. The predicted molar refractivity (Wildman–Crippen MR) is 123 cm³/mol. The Morgan fingerprint density at radius 3 is 2.50 bits per heavy atom. The number of carbonyl (C=O) groups is 2. The highest BCUT2D eigenvalue weighted by Crippen LogP contribution is 2.33. The van der Waals surface area contributed by atoms with Gasteiger partial charge in [0.05, 0.1) is 5.69 Å². The lowest BCUT2D eigenvalue weighted by molar-refractivity contribution is -0.122. The Morgan fingerprint density at radius 2 is 1.80 bits per heavy atom. The average Bonchev–Trinajstić information content (AvgIpc) is 2.99. The van der Waals surface area contributed by atoms with E-state index in [0.29, 0.717) is 11.7 Å². The van der Waals surface area contributed by atoms with Gasteiger partial charge in [-0.2, -0.15) is 0 Å². The third-order valence-electron chi connectivity index (χ3n) is 6.12. The highest BCUT2D eigenvalue weighted by Gasteiger charge is 2.35. The van der Waals surface area contributed by atoms with Gasteiger partial charge in [-0.15, -0.1) is 0 Å². The van der Waals surface area contributed by atoms with Crippen LogP contribution >= 0.6 is 12.2 Å². The number of rotatable bonds is 3.